The predicted molar refractivity (Wildman–Crippen MR) is 65.9 cm³/mol. The molecule has 0 fully saturated rings. The SMILES string of the molecule is CCCCC/C(=C/C(=O)OC)C(=O)C(=O)OCC. The molecule has 102 valence electrons. The number of hydrogen-bond acceptors (Lipinski definition) is 5. The summed E-state index contributed by atoms with van der Waals surface area (Å²) in [6.45, 7) is 3.77. The molecule has 0 spiro atoms. The maximum absolute atomic E-state index is 11.7. The molecule has 0 bridgehead atoms. The van der Waals surface area contributed by atoms with Crippen LogP contribution >= 0.6 is 0 Å². The fourth-order valence-corrected chi connectivity index (χ4v) is 1.35. The molecule has 0 unspecified atom stereocenters. The van der Waals surface area contributed by atoms with Gasteiger partial charge in [-0.05, 0) is 19.8 Å². The highest BCUT2D eigenvalue weighted by atomic mass is 16.5. The molecule has 5 nitrogen and oxygen atoms in total. The van der Waals surface area contributed by atoms with Crippen LogP contribution in [0.4, 0.5) is 0 Å². The number of hydrogen-bond donors (Lipinski definition) is 0. The molecule has 18 heavy (non-hydrogen) atoms. The molecule has 0 aliphatic heterocycles. The first kappa shape index (κ1) is 16.4. The third kappa shape index (κ3) is 6.18. The second-order valence-electron chi connectivity index (χ2n) is 3.70. The molecule has 0 saturated heterocycles. The van der Waals surface area contributed by atoms with Gasteiger partial charge in [0.2, 0.25) is 0 Å². The summed E-state index contributed by atoms with van der Waals surface area (Å²) < 4.78 is 9.08. The number of methoxy groups -OCH3 is 1. The molecule has 0 saturated carbocycles. The Morgan fingerprint density at radius 1 is 1.11 bits per heavy atom. The van der Waals surface area contributed by atoms with Gasteiger partial charge in [-0.1, -0.05) is 19.8 Å². The first-order chi connectivity index (χ1) is 8.56. The number of ketones is 1. The first-order valence-electron chi connectivity index (χ1n) is 6.06. The van der Waals surface area contributed by atoms with Crippen LogP contribution in [0.1, 0.15) is 39.5 Å². The second kappa shape index (κ2) is 9.39. The molecule has 0 aromatic carbocycles. The van der Waals surface area contributed by atoms with Crippen LogP contribution in [0.5, 0.6) is 0 Å². The number of carbonyl (C=O) groups excluding carboxylic acids is 3. The predicted octanol–water partition coefficient (Wildman–Crippen LogP) is 1.80. The van der Waals surface area contributed by atoms with Crippen molar-refractivity contribution in [1.29, 1.82) is 0 Å². The Balaban J connectivity index is 4.74. The Hall–Kier alpha value is -1.65. The van der Waals surface area contributed by atoms with Gasteiger partial charge >= 0.3 is 11.9 Å². The van der Waals surface area contributed by atoms with Gasteiger partial charge in [0.15, 0.2) is 0 Å². The van der Waals surface area contributed by atoms with E-state index in [-0.39, 0.29) is 12.2 Å². The van der Waals surface area contributed by atoms with Crippen molar-refractivity contribution in [1.82, 2.24) is 0 Å². The Kier molecular flexibility index (Phi) is 8.53. The summed E-state index contributed by atoms with van der Waals surface area (Å²) in [7, 11) is 1.22. The summed E-state index contributed by atoms with van der Waals surface area (Å²) in [6, 6.07) is 0. The molecule has 0 aliphatic carbocycles. The fourth-order valence-electron chi connectivity index (χ4n) is 1.35. The van der Waals surface area contributed by atoms with Crippen molar-refractivity contribution in [2.75, 3.05) is 13.7 Å². The summed E-state index contributed by atoms with van der Waals surface area (Å²) >= 11 is 0. The van der Waals surface area contributed by atoms with Gasteiger partial charge in [-0.25, -0.2) is 9.59 Å². The van der Waals surface area contributed by atoms with Gasteiger partial charge in [-0.3, -0.25) is 4.79 Å². The molecule has 5 heteroatoms. The largest absolute Gasteiger partial charge is 0.466 e. The zero-order valence-electron chi connectivity index (χ0n) is 11.2. The van der Waals surface area contributed by atoms with Gasteiger partial charge in [0.25, 0.3) is 5.78 Å². The third-order valence-corrected chi connectivity index (χ3v) is 2.30. The molecule has 0 atom stereocenters. The number of rotatable bonds is 8. The van der Waals surface area contributed by atoms with E-state index in [0.717, 1.165) is 25.3 Å². The smallest absolute Gasteiger partial charge is 0.379 e. The first-order valence-corrected chi connectivity index (χ1v) is 6.06. The van der Waals surface area contributed by atoms with Crippen molar-refractivity contribution in [3.63, 3.8) is 0 Å². The van der Waals surface area contributed by atoms with E-state index in [0.29, 0.717) is 6.42 Å². The number of unbranched alkanes of at least 4 members (excludes halogenated alkanes) is 2. The summed E-state index contributed by atoms with van der Waals surface area (Å²) in [4.78, 5) is 34.2. The maximum Gasteiger partial charge on any atom is 0.379 e. The Bertz CT molecular complexity index is 330. The minimum absolute atomic E-state index is 0.130. The Morgan fingerprint density at radius 2 is 1.78 bits per heavy atom. The number of esters is 2. The van der Waals surface area contributed by atoms with Crippen molar-refractivity contribution in [2.24, 2.45) is 0 Å². The van der Waals surface area contributed by atoms with Gasteiger partial charge in [0, 0.05) is 11.6 Å². The van der Waals surface area contributed by atoms with Gasteiger partial charge < -0.3 is 9.47 Å². The van der Waals surface area contributed by atoms with Crippen LogP contribution in [0, 0.1) is 0 Å². The quantitative estimate of drug-likeness (QED) is 0.286. The molecule has 0 heterocycles. The fraction of sp³-hybridized carbons (Fsp3) is 0.615. The molecular formula is C13H20O5. The zero-order valence-corrected chi connectivity index (χ0v) is 11.2. The van der Waals surface area contributed by atoms with E-state index in [1.807, 2.05) is 6.92 Å². The van der Waals surface area contributed by atoms with E-state index in [1.54, 1.807) is 6.92 Å². The molecule has 0 aliphatic rings. The normalized spacial score (nSPS) is 10.9. The summed E-state index contributed by atoms with van der Waals surface area (Å²) in [6.07, 6.45) is 4.09. The average molecular weight is 256 g/mol. The standard InChI is InChI=1S/C13H20O5/c1-4-6-7-8-10(9-11(14)17-3)12(15)13(16)18-5-2/h9H,4-8H2,1-3H3/b10-9-. The zero-order chi connectivity index (χ0) is 14.0. The van der Waals surface area contributed by atoms with Gasteiger partial charge in [-0.2, -0.15) is 0 Å². The van der Waals surface area contributed by atoms with Crippen molar-refractivity contribution in [3.8, 4) is 0 Å². The highest BCUT2D eigenvalue weighted by molar-refractivity contribution is 6.40. The van der Waals surface area contributed by atoms with Crippen molar-refractivity contribution < 1.29 is 23.9 Å². The lowest BCUT2D eigenvalue weighted by Gasteiger charge is -2.05. The van der Waals surface area contributed by atoms with Crippen LogP contribution in [0.3, 0.4) is 0 Å². The van der Waals surface area contributed by atoms with E-state index in [9.17, 15) is 14.4 Å². The second-order valence-corrected chi connectivity index (χ2v) is 3.70. The van der Waals surface area contributed by atoms with Gasteiger partial charge in [0.05, 0.1) is 13.7 Å². The van der Waals surface area contributed by atoms with Crippen LogP contribution in [0.2, 0.25) is 0 Å². The van der Waals surface area contributed by atoms with Crippen LogP contribution in [0.25, 0.3) is 0 Å². The topological polar surface area (TPSA) is 69.7 Å². The number of carbonyl (C=O) groups is 3. The lowest BCUT2D eigenvalue weighted by molar-refractivity contribution is -0.151. The highest BCUT2D eigenvalue weighted by Crippen LogP contribution is 2.11. The molecule has 0 aromatic heterocycles. The van der Waals surface area contributed by atoms with Crippen molar-refractivity contribution in [2.45, 2.75) is 39.5 Å². The van der Waals surface area contributed by atoms with Gasteiger partial charge in [-0.15, -0.1) is 0 Å². The van der Waals surface area contributed by atoms with Crippen molar-refractivity contribution >= 4 is 17.7 Å². The average Bonchev–Trinajstić information content (AvgIpc) is 2.37. The molecule has 0 amide bonds. The lowest BCUT2D eigenvalue weighted by atomic mass is 10.0. The summed E-state index contributed by atoms with van der Waals surface area (Å²) in [5.74, 6) is -2.33. The molecule has 0 N–H and O–H groups in total. The minimum atomic E-state index is -0.927. The van der Waals surface area contributed by atoms with Crippen LogP contribution in [-0.4, -0.2) is 31.4 Å². The number of ether oxygens (including phenoxy) is 2. The molecular weight excluding hydrogens is 236 g/mol. The van der Waals surface area contributed by atoms with Gasteiger partial charge in [0.1, 0.15) is 0 Å². The Labute approximate surface area is 107 Å². The molecule has 0 aromatic rings. The van der Waals surface area contributed by atoms with Crippen LogP contribution < -0.4 is 0 Å². The lowest BCUT2D eigenvalue weighted by Crippen LogP contribution is -2.20. The van der Waals surface area contributed by atoms with E-state index in [4.69, 9.17) is 0 Å². The number of Topliss-reactive ketones (excluding diaryl/α,β-unsaturated/α-hetero) is 1. The van der Waals surface area contributed by atoms with E-state index in [1.165, 1.54) is 7.11 Å². The molecule has 0 radical (unpaired) electrons. The highest BCUT2D eigenvalue weighted by Gasteiger charge is 2.20. The van der Waals surface area contributed by atoms with E-state index in [2.05, 4.69) is 9.47 Å². The van der Waals surface area contributed by atoms with Crippen LogP contribution in [0.15, 0.2) is 11.6 Å². The summed E-state index contributed by atoms with van der Waals surface area (Å²) in [5, 5.41) is 0. The third-order valence-electron chi connectivity index (χ3n) is 2.30. The maximum atomic E-state index is 11.7. The monoisotopic (exact) mass is 256 g/mol. The van der Waals surface area contributed by atoms with E-state index >= 15 is 0 Å². The molecule has 0 rings (SSSR count). The van der Waals surface area contributed by atoms with E-state index < -0.39 is 17.7 Å². The van der Waals surface area contributed by atoms with Crippen LogP contribution in [-0.2, 0) is 23.9 Å². The Morgan fingerprint density at radius 3 is 2.28 bits per heavy atom. The summed E-state index contributed by atoms with van der Waals surface area (Å²) in [5.41, 5.74) is 0.147. The minimum Gasteiger partial charge on any atom is -0.466 e. The van der Waals surface area contributed by atoms with Crippen molar-refractivity contribution in [3.05, 3.63) is 11.6 Å².